The summed E-state index contributed by atoms with van der Waals surface area (Å²) in [6, 6.07) is 6.41. The number of hydrogen-bond donors (Lipinski definition) is 1. The van der Waals surface area contributed by atoms with Gasteiger partial charge in [0.15, 0.2) is 0 Å². The molecule has 0 saturated heterocycles. The van der Waals surface area contributed by atoms with Crippen LogP contribution in [0.2, 0.25) is 0 Å². The summed E-state index contributed by atoms with van der Waals surface area (Å²) >= 11 is 0. The Morgan fingerprint density at radius 1 is 1.47 bits per heavy atom. The highest BCUT2D eigenvalue weighted by molar-refractivity contribution is 5.89. The van der Waals surface area contributed by atoms with E-state index in [0.717, 1.165) is 13.0 Å². The van der Waals surface area contributed by atoms with Crippen LogP contribution in [0.1, 0.15) is 23.2 Å². The van der Waals surface area contributed by atoms with Crippen molar-refractivity contribution < 1.29 is 9.90 Å². The Morgan fingerprint density at radius 3 is 3.06 bits per heavy atom. The van der Waals surface area contributed by atoms with Crippen molar-refractivity contribution in [2.75, 3.05) is 0 Å². The standard InChI is InChI=1S/C14H15NO2/c1-9-11-4-2-3-10-7-8-15(14(10)11)12(9)5-6-13(16)17/h2-4H,5-8H2,1H3,(H,16,17). The Bertz CT molecular complexity index is 610. The Kier molecular flexibility index (Phi) is 2.21. The SMILES string of the molecule is Cc1c(CCC(=O)O)n2c3c(cccc13)CC2. The lowest BCUT2D eigenvalue weighted by atomic mass is 10.1. The highest BCUT2D eigenvalue weighted by Crippen LogP contribution is 2.33. The normalized spacial score (nSPS) is 13.5. The number of aliphatic carboxylic acids is 1. The van der Waals surface area contributed by atoms with Gasteiger partial charge in [-0.1, -0.05) is 18.2 Å². The number of nitrogens with zero attached hydrogens (tertiary/aromatic N) is 1. The molecule has 0 atom stereocenters. The van der Waals surface area contributed by atoms with Crippen molar-refractivity contribution in [2.24, 2.45) is 0 Å². The van der Waals surface area contributed by atoms with Gasteiger partial charge in [0.1, 0.15) is 0 Å². The summed E-state index contributed by atoms with van der Waals surface area (Å²) in [5.41, 5.74) is 5.17. The number of para-hydroxylation sites is 1. The number of rotatable bonds is 3. The molecule has 1 aromatic heterocycles. The van der Waals surface area contributed by atoms with Crippen molar-refractivity contribution in [3.8, 4) is 0 Å². The van der Waals surface area contributed by atoms with Gasteiger partial charge < -0.3 is 9.67 Å². The van der Waals surface area contributed by atoms with Gasteiger partial charge in [-0.3, -0.25) is 4.79 Å². The van der Waals surface area contributed by atoms with Crippen LogP contribution < -0.4 is 0 Å². The third kappa shape index (κ3) is 1.46. The summed E-state index contributed by atoms with van der Waals surface area (Å²) in [6.07, 6.45) is 1.93. The number of benzene rings is 1. The number of hydrogen-bond acceptors (Lipinski definition) is 1. The number of carboxylic acid groups (broad SMARTS) is 1. The fourth-order valence-corrected chi connectivity index (χ4v) is 2.93. The van der Waals surface area contributed by atoms with E-state index in [4.69, 9.17) is 5.11 Å². The molecular formula is C14H15NO2. The fraction of sp³-hybridized carbons (Fsp3) is 0.357. The minimum Gasteiger partial charge on any atom is -0.481 e. The molecule has 1 N–H and O–H groups in total. The minimum atomic E-state index is -0.722. The molecule has 0 radical (unpaired) electrons. The maximum absolute atomic E-state index is 10.7. The molecule has 1 aromatic carbocycles. The Hall–Kier alpha value is -1.77. The van der Waals surface area contributed by atoms with E-state index in [-0.39, 0.29) is 6.42 Å². The quantitative estimate of drug-likeness (QED) is 0.878. The first-order valence-electron chi connectivity index (χ1n) is 6.00. The molecule has 2 aromatic rings. The first-order valence-corrected chi connectivity index (χ1v) is 6.00. The number of carboxylic acids is 1. The smallest absolute Gasteiger partial charge is 0.303 e. The third-order valence-corrected chi connectivity index (χ3v) is 3.73. The van der Waals surface area contributed by atoms with Crippen LogP contribution in [-0.2, 0) is 24.2 Å². The molecule has 0 fully saturated rings. The van der Waals surface area contributed by atoms with Crippen LogP contribution in [0.3, 0.4) is 0 Å². The molecule has 0 aliphatic carbocycles. The Balaban J connectivity index is 2.15. The van der Waals surface area contributed by atoms with Gasteiger partial charge in [-0.25, -0.2) is 0 Å². The van der Waals surface area contributed by atoms with E-state index < -0.39 is 5.97 Å². The average Bonchev–Trinajstić information content (AvgIpc) is 2.83. The van der Waals surface area contributed by atoms with Crippen molar-refractivity contribution in [1.29, 1.82) is 0 Å². The van der Waals surface area contributed by atoms with E-state index in [1.807, 2.05) is 0 Å². The van der Waals surface area contributed by atoms with Gasteiger partial charge in [0.2, 0.25) is 0 Å². The van der Waals surface area contributed by atoms with E-state index in [1.165, 1.54) is 27.7 Å². The summed E-state index contributed by atoms with van der Waals surface area (Å²) in [5.74, 6) is -0.722. The van der Waals surface area contributed by atoms with Crippen LogP contribution in [0.25, 0.3) is 10.9 Å². The molecule has 3 rings (SSSR count). The van der Waals surface area contributed by atoms with E-state index in [9.17, 15) is 4.79 Å². The fourth-order valence-electron chi connectivity index (χ4n) is 2.93. The van der Waals surface area contributed by atoms with E-state index in [0.29, 0.717) is 6.42 Å². The van der Waals surface area contributed by atoms with Crippen LogP contribution in [0.15, 0.2) is 18.2 Å². The topological polar surface area (TPSA) is 42.2 Å². The molecule has 1 aliphatic heterocycles. The van der Waals surface area contributed by atoms with Crippen molar-refractivity contribution in [1.82, 2.24) is 4.57 Å². The highest BCUT2D eigenvalue weighted by Gasteiger charge is 2.21. The van der Waals surface area contributed by atoms with Gasteiger partial charge >= 0.3 is 5.97 Å². The zero-order valence-electron chi connectivity index (χ0n) is 9.86. The first-order chi connectivity index (χ1) is 8.18. The van der Waals surface area contributed by atoms with Crippen molar-refractivity contribution in [3.63, 3.8) is 0 Å². The zero-order chi connectivity index (χ0) is 12.0. The van der Waals surface area contributed by atoms with Gasteiger partial charge in [-0.15, -0.1) is 0 Å². The molecule has 0 unspecified atom stereocenters. The summed E-state index contributed by atoms with van der Waals surface area (Å²) in [7, 11) is 0. The molecular weight excluding hydrogens is 214 g/mol. The molecule has 3 nitrogen and oxygen atoms in total. The molecule has 0 amide bonds. The van der Waals surface area contributed by atoms with Gasteiger partial charge in [0.05, 0.1) is 11.9 Å². The maximum atomic E-state index is 10.7. The molecule has 2 heterocycles. The van der Waals surface area contributed by atoms with E-state index in [2.05, 4.69) is 29.7 Å². The lowest BCUT2D eigenvalue weighted by Crippen LogP contribution is -2.04. The number of aryl methyl sites for hydroxylation is 3. The molecule has 1 aliphatic rings. The van der Waals surface area contributed by atoms with Crippen molar-refractivity contribution in [2.45, 2.75) is 32.7 Å². The van der Waals surface area contributed by atoms with Crippen LogP contribution in [0, 0.1) is 6.92 Å². The predicted molar refractivity (Wildman–Crippen MR) is 66.3 cm³/mol. The second-order valence-corrected chi connectivity index (χ2v) is 4.68. The van der Waals surface area contributed by atoms with Crippen LogP contribution in [-0.4, -0.2) is 15.6 Å². The highest BCUT2D eigenvalue weighted by atomic mass is 16.4. The molecule has 0 saturated carbocycles. The Morgan fingerprint density at radius 2 is 2.29 bits per heavy atom. The van der Waals surface area contributed by atoms with Crippen LogP contribution in [0.5, 0.6) is 0 Å². The summed E-state index contributed by atoms with van der Waals surface area (Å²) in [4.78, 5) is 10.7. The van der Waals surface area contributed by atoms with Crippen LogP contribution in [0.4, 0.5) is 0 Å². The van der Waals surface area contributed by atoms with Gasteiger partial charge in [0, 0.05) is 17.6 Å². The Labute approximate surface area is 99.7 Å². The second kappa shape index (κ2) is 3.62. The third-order valence-electron chi connectivity index (χ3n) is 3.73. The minimum absolute atomic E-state index is 0.215. The molecule has 88 valence electrons. The van der Waals surface area contributed by atoms with E-state index >= 15 is 0 Å². The van der Waals surface area contributed by atoms with Gasteiger partial charge in [-0.2, -0.15) is 0 Å². The van der Waals surface area contributed by atoms with Crippen molar-refractivity contribution in [3.05, 3.63) is 35.0 Å². The lowest BCUT2D eigenvalue weighted by Gasteiger charge is -2.05. The number of carbonyl (C=O) groups is 1. The number of aromatic nitrogens is 1. The molecule has 0 bridgehead atoms. The van der Waals surface area contributed by atoms with Gasteiger partial charge in [0.25, 0.3) is 0 Å². The second-order valence-electron chi connectivity index (χ2n) is 4.68. The zero-order valence-corrected chi connectivity index (χ0v) is 9.86. The summed E-state index contributed by atoms with van der Waals surface area (Å²) in [5, 5.41) is 10.1. The molecule has 0 spiro atoms. The van der Waals surface area contributed by atoms with Crippen LogP contribution >= 0.6 is 0 Å². The predicted octanol–water partition coefficient (Wildman–Crippen LogP) is 2.52. The van der Waals surface area contributed by atoms with E-state index in [1.54, 1.807) is 0 Å². The summed E-state index contributed by atoms with van der Waals surface area (Å²) in [6.45, 7) is 3.10. The molecule has 3 heteroatoms. The molecule has 17 heavy (non-hydrogen) atoms. The monoisotopic (exact) mass is 229 g/mol. The summed E-state index contributed by atoms with van der Waals surface area (Å²) < 4.78 is 2.31. The van der Waals surface area contributed by atoms with Gasteiger partial charge in [-0.05, 0) is 30.9 Å². The van der Waals surface area contributed by atoms with Crippen molar-refractivity contribution >= 4 is 16.9 Å². The maximum Gasteiger partial charge on any atom is 0.303 e. The largest absolute Gasteiger partial charge is 0.481 e. The lowest BCUT2D eigenvalue weighted by molar-refractivity contribution is -0.136. The average molecular weight is 229 g/mol. The first kappa shape index (κ1) is 10.4.